The van der Waals surface area contributed by atoms with E-state index in [1.165, 1.54) is 0 Å². The molecule has 0 atom stereocenters. The zero-order valence-electron chi connectivity index (χ0n) is 16.6. The van der Waals surface area contributed by atoms with Crippen molar-refractivity contribution in [2.45, 2.75) is 6.92 Å². The van der Waals surface area contributed by atoms with Gasteiger partial charge in [0.1, 0.15) is 5.75 Å². The lowest BCUT2D eigenvalue weighted by Gasteiger charge is -2.36. The maximum Gasteiger partial charge on any atom is 0.254 e. The molecule has 8 nitrogen and oxygen atoms in total. The first kappa shape index (κ1) is 18.2. The number of hydrogen-bond acceptors (Lipinski definition) is 5. The number of H-pyrrole nitrogens is 1. The smallest absolute Gasteiger partial charge is 0.254 e. The van der Waals surface area contributed by atoms with Gasteiger partial charge in [-0.2, -0.15) is 5.10 Å². The van der Waals surface area contributed by atoms with Crippen LogP contribution in [0, 0.1) is 6.92 Å². The minimum absolute atomic E-state index is 0.0147. The summed E-state index contributed by atoms with van der Waals surface area (Å²) in [5.74, 6) is 0.173. The van der Waals surface area contributed by atoms with E-state index in [9.17, 15) is 9.90 Å². The lowest BCUT2D eigenvalue weighted by molar-refractivity contribution is 0.0740. The summed E-state index contributed by atoms with van der Waals surface area (Å²) < 4.78 is 2.07. The number of benzene rings is 1. The van der Waals surface area contributed by atoms with Crippen molar-refractivity contribution in [3.63, 3.8) is 0 Å². The molecule has 1 fully saturated rings. The number of aromatic hydroxyl groups is 1. The molecule has 30 heavy (non-hydrogen) atoms. The van der Waals surface area contributed by atoms with E-state index in [2.05, 4.69) is 24.9 Å². The van der Waals surface area contributed by atoms with Crippen LogP contribution in [0.15, 0.2) is 54.9 Å². The monoisotopic (exact) mass is 402 g/mol. The Labute approximate surface area is 173 Å². The number of pyridine rings is 1. The van der Waals surface area contributed by atoms with E-state index in [4.69, 9.17) is 0 Å². The first-order chi connectivity index (χ1) is 14.6. The highest BCUT2D eigenvalue weighted by molar-refractivity contribution is 6.07. The molecule has 1 saturated heterocycles. The first-order valence-corrected chi connectivity index (χ1v) is 9.93. The quantitative estimate of drug-likeness (QED) is 0.550. The van der Waals surface area contributed by atoms with Gasteiger partial charge in [0.15, 0.2) is 5.65 Å². The highest BCUT2D eigenvalue weighted by Gasteiger charge is 2.26. The summed E-state index contributed by atoms with van der Waals surface area (Å²) in [6.45, 7) is 4.73. The second-order valence-corrected chi connectivity index (χ2v) is 7.46. The van der Waals surface area contributed by atoms with Crippen LogP contribution in [0.25, 0.3) is 22.3 Å². The van der Waals surface area contributed by atoms with Crippen molar-refractivity contribution < 1.29 is 9.90 Å². The molecule has 5 rings (SSSR count). The topological polar surface area (TPSA) is 90.3 Å². The number of hydrogen-bond donors (Lipinski definition) is 2. The third-order valence-electron chi connectivity index (χ3n) is 5.56. The zero-order chi connectivity index (χ0) is 20.7. The molecule has 152 valence electrons. The molecule has 0 bridgehead atoms. The summed E-state index contributed by atoms with van der Waals surface area (Å²) in [5, 5.41) is 19.8. The second-order valence-electron chi connectivity index (χ2n) is 7.46. The number of piperazine rings is 1. The second kappa shape index (κ2) is 7.22. The largest absolute Gasteiger partial charge is 0.508 e. The van der Waals surface area contributed by atoms with E-state index in [1.54, 1.807) is 24.3 Å². The van der Waals surface area contributed by atoms with E-state index in [1.807, 2.05) is 42.4 Å². The molecule has 1 aliphatic rings. The molecule has 3 aromatic heterocycles. The Kier molecular flexibility index (Phi) is 4.39. The number of amides is 1. The SMILES string of the molecule is Cc1[nH]nc2nc(-c3ccc(O)cc3)cc(C(=O)N3CCN(n4cccc4)CC3)c12. The van der Waals surface area contributed by atoms with Crippen molar-refractivity contribution in [3.8, 4) is 17.0 Å². The van der Waals surface area contributed by atoms with Gasteiger partial charge < -0.3 is 15.0 Å². The normalized spacial score (nSPS) is 14.4. The molecule has 1 amide bonds. The lowest BCUT2D eigenvalue weighted by atomic mass is 10.0. The predicted molar refractivity (Wildman–Crippen MR) is 114 cm³/mol. The molecule has 0 radical (unpaired) electrons. The molecule has 0 unspecified atom stereocenters. The standard InChI is InChI=1S/C22H22N6O2/c1-15-20-18(22(30)26-10-12-28(13-11-26)27-8-2-3-9-27)14-19(23-21(20)25-24-15)16-4-6-17(29)7-5-16/h2-9,14,29H,10-13H2,1H3,(H,23,24,25). The fourth-order valence-electron chi connectivity index (χ4n) is 3.94. The van der Waals surface area contributed by atoms with Crippen molar-refractivity contribution in [1.82, 2.24) is 24.8 Å². The minimum atomic E-state index is -0.0147. The van der Waals surface area contributed by atoms with Crippen LogP contribution in [-0.2, 0) is 0 Å². The van der Waals surface area contributed by atoms with Crippen molar-refractivity contribution in [2.75, 3.05) is 31.2 Å². The first-order valence-electron chi connectivity index (χ1n) is 9.93. The van der Waals surface area contributed by atoms with Crippen LogP contribution < -0.4 is 5.01 Å². The number of aromatic amines is 1. The summed E-state index contributed by atoms with van der Waals surface area (Å²) in [7, 11) is 0. The van der Waals surface area contributed by atoms with Crippen LogP contribution in [0.2, 0.25) is 0 Å². The third kappa shape index (κ3) is 3.16. The van der Waals surface area contributed by atoms with Gasteiger partial charge in [0.25, 0.3) is 5.91 Å². The van der Waals surface area contributed by atoms with Crippen molar-refractivity contribution in [1.29, 1.82) is 0 Å². The highest BCUT2D eigenvalue weighted by atomic mass is 16.3. The van der Waals surface area contributed by atoms with Crippen LogP contribution in [0.4, 0.5) is 0 Å². The minimum Gasteiger partial charge on any atom is -0.508 e. The van der Waals surface area contributed by atoms with Gasteiger partial charge in [-0.1, -0.05) is 0 Å². The van der Waals surface area contributed by atoms with Crippen molar-refractivity contribution in [3.05, 3.63) is 66.1 Å². The number of nitrogens with zero attached hydrogens (tertiary/aromatic N) is 5. The molecule has 0 aliphatic carbocycles. The van der Waals surface area contributed by atoms with Crippen molar-refractivity contribution >= 4 is 16.9 Å². The predicted octanol–water partition coefficient (Wildman–Crippen LogP) is 2.53. The van der Waals surface area contributed by atoms with Gasteiger partial charge in [-0.25, -0.2) is 4.98 Å². The number of carbonyl (C=O) groups excluding carboxylic acids is 1. The Morgan fingerprint density at radius 2 is 1.77 bits per heavy atom. The molecule has 0 saturated carbocycles. The summed E-state index contributed by atoms with van der Waals surface area (Å²) in [6, 6.07) is 12.6. The Hall–Kier alpha value is -3.81. The van der Waals surface area contributed by atoms with Crippen LogP contribution in [-0.4, -0.2) is 62.0 Å². The number of rotatable bonds is 3. The number of fused-ring (bicyclic) bond motifs is 1. The Bertz CT molecular complexity index is 1190. The van der Waals surface area contributed by atoms with Crippen LogP contribution in [0.5, 0.6) is 5.75 Å². The van der Waals surface area contributed by atoms with Gasteiger partial charge in [-0.15, -0.1) is 0 Å². The molecule has 4 heterocycles. The number of aryl methyl sites for hydroxylation is 1. The van der Waals surface area contributed by atoms with E-state index < -0.39 is 0 Å². The van der Waals surface area contributed by atoms with Crippen LogP contribution in [0.3, 0.4) is 0 Å². The number of nitrogens with one attached hydrogen (secondary N) is 1. The Balaban J connectivity index is 1.47. The molecule has 1 aliphatic heterocycles. The van der Waals surface area contributed by atoms with Crippen LogP contribution >= 0.6 is 0 Å². The van der Waals surface area contributed by atoms with E-state index in [-0.39, 0.29) is 11.7 Å². The third-order valence-corrected chi connectivity index (χ3v) is 5.56. The van der Waals surface area contributed by atoms with Gasteiger partial charge >= 0.3 is 0 Å². The van der Waals surface area contributed by atoms with Gasteiger partial charge in [0, 0.05) is 36.7 Å². The number of phenolic OH excluding ortho intramolecular Hbond substituents is 1. The van der Waals surface area contributed by atoms with Gasteiger partial charge in [0.05, 0.1) is 29.7 Å². The summed E-state index contributed by atoms with van der Waals surface area (Å²) in [6.07, 6.45) is 4.03. The van der Waals surface area contributed by atoms with E-state index >= 15 is 0 Å². The maximum atomic E-state index is 13.5. The molecular formula is C22H22N6O2. The maximum absolute atomic E-state index is 13.5. The summed E-state index contributed by atoms with van der Waals surface area (Å²) in [5.41, 5.74) is 3.42. The fraction of sp³-hybridized carbons (Fsp3) is 0.227. The molecular weight excluding hydrogens is 380 g/mol. The van der Waals surface area contributed by atoms with E-state index in [0.29, 0.717) is 30.0 Å². The Morgan fingerprint density at radius 3 is 2.47 bits per heavy atom. The fourth-order valence-corrected chi connectivity index (χ4v) is 3.94. The number of phenols is 1. The van der Waals surface area contributed by atoms with E-state index in [0.717, 1.165) is 29.7 Å². The molecule has 1 aromatic carbocycles. The van der Waals surface area contributed by atoms with Gasteiger partial charge in [0.2, 0.25) is 0 Å². The molecule has 2 N–H and O–H groups in total. The summed E-state index contributed by atoms with van der Waals surface area (Å²) >= 11 is 0. The van der Waals surface area contributed by atoms with Gasteiger partial charge in [-0.3, -0.25) is 14.6 Å². The van der Waals surface area contributed by atoms with Crippen LogP contribution in [0.1, 0.15) is 16.1 Å². The molecule has 4 aromatic rings. The van der Waals surface area contributed by atoms with Crippen molar-refractivity contribution in [2.24, 2.45) is 0 Å². The van der Waals surface area contributed by atoms with Gasteiger partial charge in [-0.05, 0) is 49.4 Å². The number of aromatic nitrogens is 4. The molecule has 0 spiro atoms. The Morgan fingerprint density at radius 1 is 1.07 bits per heavy atom. The zero-order valence-corrected chi connectivity index (χ0v) is 16.6. The average Bonchev–Trinajstić information content (AvgIpc) is 3.44. The highest BCUT2D eigenvalue weighted by Crippen LogP contribution is 2.28. The summed E-state index contributed by atoms with van der Waals surface area (Å²) in [4.78, 5) is 20.0. The lowest BCUT2D eigenvalue weighted by Crippen LogP contribution is -2.52. The average molecular weight is 402 g/mol. The molecule has 8 heteroatoms. The number of carbonyl (C=O) groups is 1.